The molecule has 1 aliphatic rings. The normalized spacial score (nSPS) is 15.4. The van der Waals surface area contributed by atoms with Crippen LogP contribution < -0.4 is 10.1 Å². The summed E-state index contributed by atoms with van der Waals surface area (Å²) in [6.45, 7) is 4.93. The smallest absolute Gasteiger partial charge is 0.218 e. The first-order valence-corrected chi connectivity index (χ1v) is 8.09. The van der Waals surface area contributed by atoms with Crippen LogP contribution in [0.1, 0.15) is 56.5 Å². The van der Waals surface area contributed by atoms with E-state index in [0.29, 0.717) is 18.4 Å². The van der Waals surface area contributed by atoms with Crippen LogP contribution in [0.3, 0.4) is 0 Å². The van der Waals surface area contributed by atoms with Gasteiger partial charge in [0, 0.05) is 18.0 Å². The molecule has 1 atom stereocenters. The lowest BCUT2D eigenvalue weighted by atomic mass is 10.1. The zero-order valence-corrected chi connectivity index (χ0v) is 13.2. The van der Waals surface area contributed by atoms with Gasteiger partial charge in [-0.3, -0.25) is 0 Å². The van der Waals surface area contributed by atoms with Gasteiger partial charge in [0.1, 0.15) is 11.6 Å². The van der Waals surface area contributed by atoms with Gasteiger partial charge in [-0.2, -0.15) is 4.98 Å². The quantitative estimate of drug-likeness (QED) is 0.827. The van der Waals surface area contributed by atoms with E-state index in [4.69, 9.17) is 4.74 Å². The van der Waals surface area contributed by atoms with Crippen LogP contribution in [0.15, 0.2) is 36.4 Å². The van der Waals surface area contributed by atoms with Crippen LogP contribution in [0.5, 0.6) is 5.88 Å². The van der Waals surface area contributed by atoms with Crippen molar-refractivity contribution in [2.45, 2.75) is 45.1 Å². The highest BCUT2D eigenvalue weighted by Gasteiger charge is 2.27. The highest BCUT2D eigenvalue weighted by molar-refractivity contribution is 5.42. The van der Waals surface area contributed by atoms with Crippen molar-refractivity contribution < 1.29 is 4.74 Å². The van der Waals surface area contributed by atoms with E-state index in [-0.39, 0.29) is 6.04 Å². The average molecular weight is 297 g/mol. The molecule has 0 aliphatic heterocycles. The Hall–Kier alpha value is -2.10. The summed E-state index contributed by atoms with van der Waals surface area (Å²) in [5.41, 5.74) is 1.24. The van der Waals surface area contributed by atoms with Crippen molar-refractivity contribution >= 4 is 5.82 Å². The molecule has 22 heavy (non-hydrogen) atoms. The van der Waals surface area contributed by atoms with Crippen LogP contribution in [0.4, 0.5) is 5.82 Å². The lowest BCUT2D eigenvalue weighted by Crippen LogP contribution is -2.10. The molecule has 1 aromatic carbocycles. The van der Waals surface area contributed by atoms with Gasteiger partial charge in [-0.05, 0) is 31.7 Å². The Kier molecular flexibility index (Phi) is 4.56. The minimum atomic E-state index is 0.196. The fraction of sp³-hybridized carbons (Fsp3) is 0.444. The Labute approximate surface area is 132 Å². The second kappa shape index (κ2) is 6.77. The Morgan fingerprint density at radius 2 is 2.00 bits per heavy atom. The molecule has 0 saturated heterocycles. The van der Waals surface area contributed by atoms with Crippen LogP contribution in [0.25, 0.3) is 0 Å². The summed E-state index contributed by atoms with van der Waals surface area (Å²) in [5.74, 6) is 2.95. The van der Waals surface area contributed by atoms with Gasteiger partial charge in [0.05, 0.1) is 6.61 Å². The largest absolute Gasteiger partial charge is 0.478 e. The van der Waals surface area contributed by atoms with Gasteiger partial charge in [0.15, 0.2) is 0 Å². The van der Waals surface area contributed by atoms with E-state index in [9.17, 15) is 0 Å². The molecule has 2 aromatic rings. The number of ether oxygens (including phenoxy) is 1. The van der Waals surface area contributed by atoms with E-state index in [1.165, 1.54) is 18.4 Å². The van der Waals surface area contributed by atoms with Crippen molar-refractivity contribution in [1.29, 1.82) is 0 Å². The van der Waals surface area contributed by atoms with Gasteiger partial charge >= 0.3 is 0 Å². The topological polar surface area (TPSA) is 47.0 Å². The van der Waals surface area contributed by atoms with Crippen LogP contribution >= 0.6 is 0 Å². The molecule has 1 aliphatic carbocycles. The number of aromatic nitrogens is 2. The van der Waals surface area contributed by atoms with Gasteiger partial charge in [0.25, 0.3) is 0 Å². The number of rotatable bonds is 7. The molecule has 1 unspecified atom stereocenters. The molecule has 1 heterocycles. The second-order valence-electron chi connectivity index (χ2n) is 5.85. The Morgan fingerprint density at radius 3 is 2.68 bits per heavy atom. The molecule has 0 amide bonds. The predicted molar refractivity (Wildman–Crippen MR) is 88.3 cm³/mol. The SMILES string of the molecule is CCCOc1cc(NC(C)c2ccccc2)nc(C2CC2)n1. The van der Waals surface area contributed by atoms with Crippen LogP contribution in [0.2, 0.25) is 0 Å². The number of nitrogens with zero attached hydrogens (tertiary/aromatic N) is 2. The Bertz CT molecular complexity index is 611. The molecule has 0 bridgehead atoms. The molecule has 3 rings (SSSR count). The predicted octanol–water partition coefficient (Wildman–Crippen LogP) is 4.32. The van der Waals surface area contributed by atoms with Gasteiger partial charge < -0.3 is 10.1 Å². The monoisotopic (exact) mass is 297 g/mol. The number of nitrogens with one attached hydrogen (secondary N) is 1. The standard InChI is InChI=1S/C18H23N3O/c1-3-11-22-17-12-16(20-18(21-17)15-9-10-15)19-13(2)14-7-5-4-6-8-14/h4-8,12-13,15H,3,9-11H2,1-2H3,(H,19,20,21). The van der Waals surface area contributed by atoms with E-state index in [1.807, 2.05) is 12.1 Å². The van der Waals surface area contributed by atoms with E-state index < -0.39 is 0 Å². The third kappa shape index (κ3) is 3.75. The summed E-state index contributed by atoms with van der Waals surface area (Å²) < 4.78 is 5.71. The summed E-state index contributed by atoms with van der Waals surface area (Å²) in [6.07, 6.45) is 3.35. The van der Waals surface area contributed by atoms with Crippen molar-refractivity contribution in [3.63, 3.8) is 0 Å². The highest BCUT2D eigenvalue weighted by atomic mass is 16.5. The summed E-state index contributed by atoms with van der Waals surface area (Å²) >= 11 is 0. The van der Waals surface area contributed by atoms with Crippen molar-refractivity contribution in [2.24, 2.45) is 0 Å². The summed E-state index contributed by atoms with van der Waals surface area (Å²) in [6, 6.07) is 12.5. The van der Waals surface area contributed by atoms with Crippen molar-refractivity contribution in [2.75, 3.05) is 11.9 Å². The molecule has 1 saturated carbocycles. The van der Waals surface area contributed by atoms with E-state index in [2.05, 4.69) is 53.4 Å². The van der Waals surface area contributed by atoms with E-state index >= 15 is 0 Å². The molecular formula is C18H23N3O. The van der Waals surface area contributed by atoms with Gasteiger partial charge in [0.2, 0.25) is 5.88 Å². The third-order valence-corrected chi connectivity index (χ3v) is 3.78. The maximum Gasteiger partial charge on any atom is 0.218 e. The Morgan fingerprint density at radius 1 is 1.23 bits per heavy atom. The van der Waals surface area contributed by atoms with Gasteiger partial charge in [-0.15, -0.1) is 0 Å². The Balaban J connectivity index is 1.78. The number of hydrogen-bond acceptors (Lipinski definition) is 4. The first kappa shape index (κ1) is 14.8. The van der Waals surface area contributed by atoms with Crippen LogP contribution in [0, 0.1) is 0 Å². The van der Waals surface area contributed by atoms with E-state index in [1.54, 1.807) is 0 Å². The first-order chi connectivity index (χ1) is 10.8. The van der Waals surface area contributed by atoms with Crippen LogP contribution in [-0.4, -0.2) is 16.6 Å². The zero-order valence-electron chi connectivity index (χ0n) is 13.2. The maximum atomic E-state index is 5.71. The van der Waals surface area contributed by atoms with Gasteiger partial charge in [-0.1, -0.05) is 37.3 Å². The second-order valence-corrected chi connectivity index (χ2v) is 5.85. The molecule has 0 spiro atoms. The third-order valence-electron chi connectivity index (χ3n) is 3.78. The summed E-state index contributed by atoms with van der Waals surface area (Å²) in [7, 11) is 0. The van der Waals surface area contributed by atoms with Crippen LogP contribution in [-0.2, 0) is 0 Å². The minimum Gasteiger partial charge on any atom is -0.478 e. The lowest BCUT2D eigenvalue weighted by Gasteiger charge is -2.16. The number of benzene rings is 1. The number of anilines is 1. The molecule has 116 valence electrons. The molecule has 1 aromatic heterocycles. The average Bonchev–Trinajstić information content (AvgIpc) is 3.38. The summed E-state index contributed by atoms with van der Waals surface area (Å²) in [5, 5.41) is 3.47. The number of hydrogen-bond donors (Lipinski definition) is 1. The maximum absolute atomic E-state index is 5.71. The van der Waals surface area contributed by atoms with Gasteiger partial charge in [-0.25, -0.2) is 4.98 Å². The van der Waals surface area contributed by atoms with Crippen molar-refractivity contribution in [3.8, 4) is 5.88 Å². The summed E-state index contributed by atoms with van der Waals surface area (Å²) in [4.78, 5) is 9.21. The van der Waals surface area contributed by atoms with Crippen molar-refractivity contribution in [1.82, 2.24) is 9.97 Å². The van der Waals surface area contributed by atoms with Crippen molar-refractivity contribution in [3.05, 3.63) is 47.8 Å². The van der Waals surface area contributed by atoms with E-state index in [0.717, 1.165) is 18.1 Å². The molecule has 1 N–H and O–H groups in total. The fourth-order valence-electron chi connectivity index (χ4n) is 2.37. The first-order valence-electron chi connectivity index (χ1n) is 8.09. The molecule has 4 nitrogen and oxygen atoms in total. The molecule has 1 fully saturated rings. The zero-order chi connectivity index (χ0) is 15.4. The fourth-order valence-corrected chi connectivity index (χ4v) is 2.37. The molecule has 4 heteroatoms. The lowest BCUT2D eigenvalue weighted by molar-refractivity contribution is 0.303. The highest BCUT2D eigenvalue weighted by Crippen LogP contribution is 2.39. The minimum absolute atomic E-state index is 0.196. The molecule has 0 radical (unpaired) electrons. The molecular weight excluding hydrogens is 274 g/mol.